The Morgan fingerprint density at radius 3 is 0.887 bits per heavy atom. The molecule has 0 aliphatic carbocycles. The first-order chi connectivity index (χ1) is 47.6. The average Bonchev–Trinajstić information content (AvgIpc) is 2.59. The number of allylic oxidation sites excluding steroid dienone is 18. The minimum Gasteiger partial charge on any atom is -0.477 e. The molecule has 0 aliphatic heterocycles. The lowest BCUT2D eigenvalue weighted by molar-refractivity contribution is -0.870. The lowest BCUT2D eigenvalue weighted by atomic mass is 10.0. The van der Waals surface area contributed by atoms with Crippen LogP contribution in [0.25, 0.3) is 0 Å². The van der Waals surface area contributed by atoms with Crippen LogP contribution in [0.2, 0.25) is 0 Å². The number of likely N-dealkylation sites (N-methyl/N-ethyl adjacent to an activating group) is 1. The maximum atomic E-state index is 13.0. The number of esters is 2. The molecule has 0 aromatic heterocycles. The molecule has 9 nitrogen and oxygen atoms in total. The Morgan fingerprint density at radius 1 is 0.320 bits per heavy atom. The van der Waals surface area contributed by atoms with Gasteiger partial charge in [-0.1, -0.05) is 367 Å². The molecule has 97 heavy (non-hydrogen) atoms. The second-order valence-electron chi connectivity index (χ2n) is 28.7. The quantitative estimate of drug-likeness (QED) is 0.0211. The topological polar surface area (TPSA) is 108 Å². The minimum absolute atomic E-state index is 0.183. The number of quaternary nitrogens is 1. The minimum atomic E-state index is -1.52. The van der Waals surface area contributed by atoms with Gasteiger partial charge in [0.05, 0.1) is 34.4 Å². The molecule has 0 saturated heterocycles. The van der Waals surface area contributed by atoms with Gasteiger partial charge >= 0.3 is 17.9 Å². The smallest absolute Gasteiger partial charge is 0.361 e. The molecule has 0 radical (unpaired) electrons. The van der Waals surface area contributed by atoms with E-state index < -0.39 is 24.3 Å². The number of aliphatic carboxylic acids is 1. The first kappa shape index (κ1) is 93.0. The van der Waals surface area contributed by atoms with E-state index in [1.807, 2.05) is 21.1 Å². The highest BCUT2D eigenvalue weighted by molar-refractivity contribution is 5.71. The zero-order valence-electron chi connectivity index (χ0n) is 64.2. The van der Waals surface area contributed by atoms with E-state index in [9.17, 15) is 19.5 Å². The fraction of sp³-hybridized carbons (Fsp3) is 0.761. The Labute approximate surface area is 600 Å². The second kappa shape index (κ2) is 77.7. The van der Waals surface area contributed by atoms with Gasteiger partial charge in [0.15, 0.2) is 6.10 Å². The average molecular weight is 1360 g/mol. The van der Waals surface area contributed by atoms with Crippen LogP contribution in [0.5, 0.6) is 0 Å². The number of carbonyl (C=O) groups is 3. The summed E-state index contributed by atoms with van der Waals surface area (Å²) in [5.41, 5.74) is 0. The molecule has 0 amide bonds. The van der Waals surface area contributed by atoms with Crippen LogP contribution in [0.3, 0.4) is 0 Å². The molecule has 560 valence electrons. The van der Waals surface area contributed by atoms with E-state index in [1.54, 1.807) is 0 Å². The molecule has 0 saturated carbocycles. The van der Waals surface area contributed by atoms with Gasteiger partial charge in [0.1, 0.15) is 13.2 Å². The summed E-state index contributed by atoms with van der Waals surface area (Å²) >= 11 is 0. The third-order valence-electron chi connectivity index (χ3n) is 18.0. The van der Waals surface area contributed by atoms with E-state index in [-0.39, 0.29) is 32.2 Å². The van der Waals surface area contributed by atoms with E-state index in [0.717, 1.165) is 96.3 Å². The van der Waals surface area contributed by atoms with E-state index in [1.165, 1.54) is 244 Å². The molecule has 0 heterocycles. The molecule has 0 aromatic carbocycles. The Balaban J connectivity index is 4.02. The van der Waals surface area contributed by atoms with Crippen LogP contribution >= 0.6 is 0 Å². The van der Waals surface area contributed by atoms with Crippen LogP contribution in [-0.2, 0) is 33.3 Å². The summed E-state index contributed by atoms with van der Waals surface area (Å²) in [6.45, 7) is 4.79. The molecule has 0 rings (SSSR count). The summed E-state index contributed by atoms with van der Waals surface area (Å²) in [6, 6.07) is 0. The normalized spacial score (nSPS) is 13.2. The van der Waals surface area contributed by atoms with Crippen molar-refractivity contribution >= 4 is 17.9 Å². The highest BCUT2D eigenvalue weighted by Crippen LogP contribution is 2.19. The lowest BCUT2D eigenvalue weighted by Gasteiger charge is -2.25. The molecule has 2 atom stereocenters. The fourth-order valence-corrected chi connectivity index (χ4v) is 11.8. The first-order valence-corrected chi connectivity index (χ1v) is 41.1. The van der Waals surface area contributed by atoms with Crippen molar-refractivity contribution in [2.24, 2.45) is 0 Å². The van der Waals surface area contributed by atoms with Gasteiger partial charge in [-0.3, -0.25) is 9.59 Å². The molecule has 1 N–H and O–H groups in total. The summed E-state index contributed by atoms with van der Waals surface area (Å²) in [4.78, 5) is 37.7. The van der Waals surface area contributed by atoms with Gasteiger partial charge in [-0.05, 0) is 103 Å². The van der Waals surface area contributed by atoms with Gasteiger partial charge in [0.2, 0.25) is 0 Å². The molecule has 0 spiro atoms. The fourth-order valence-electron chi connectivity index (χ4n) is 11.8. The molecular formula is C88H156NO8+. The summed E-state index contributed by atoms with van der Waals surface area (Å²) in [5.74, 6) is -2.00. The number of hydrogen-bond donors (Lipinski definition) is 1. The molecule has 0 fully saturated rings. The van der Waals surface area contributed by atoms with Crippen LogP contribution in [0.1, 0.15) is 373 Å². The van der Waals surface area contributed by atoms with Crippen LogP contribution in [0.15, 0.2) is 109 Å². The standard InChI is InChI=1S/C88H155NO8/c1-6-8-10-12-14-16-18-20-22-24-26-28-30-32-34-36-38-40-41-42-43-44-45-47-48-50-52-54-56-58-60-62-64-66-68-70-72-74-76-78-85(90)95-82-84(83-96-88(87(92)93)94-81-80-89(3,4)5)97-86(91)79-77-75-73-71-69-67-65-63-61-59-57-55-53-51-49-46-39-37-35-33-31-29-27-25-23-21-19-17-15-13-11-9-7-2/h9,11,15,17,21,23-24,26-27,29,33,35,39,46,51,53,57,59,84,88H,6-8,10,12-14,16,18-20,22,25,28,30-32,34,36-38,40-45,47-50,52,54-56,58,60-83H2,1-5H3/p+1/b11-9-,17-15-,23-21-,26-24-,29-27-,35-33-,46-39-,53-51-,59-57-. The summed E-state index contributed by atoms with van der Waals surface area (Å²) < 4.78 is 23.0. The van der Waals surface area contributed by atoms with E-state index in [2.05, 4.69) is 123 Å². The molecule has 9 heteroatoms. The van der Waals surface area contributed by atoms with Gasteiger partial charge in [0, 0.05) is 12.8 Å². The number of carboxylic acids is 1. The number of hydrogen-bond acceptors (Lipinski definition) is 7. The number of unbranched alkanes of at least 4 members (excludes halogenated alkanes) is 43. The Morgan fingerprint density at radius 2 is 0.588 bits per heavy atom. The zero-order valence-corrected chi connectivity index (χ0v) is 64.2. The Kier molecular flexibility index (Phi) is 74.4. The SMILES string of the molecule is CC/C=C\C/C=C\C/C=C\C/C=C\C/C=C\C/C=C\C/C=C\C/C=C\CCCCCCCCCCC(=O)OC(COC(=O)CCCCCCCCCCCCCCCCCCCCCCCCCCCCC/C=C\CCCCCCCCCC)COC(OCC[N+](C)(C)C)C(=O)O. The summed E-state index contributed by atoms with van der Waals surface area (Å²) in [6.07, 6.45) is 107. The lowest BCUT2D eigenvalue weighted by Crippen LogP contribution is -2.40. The van der Waals surface area contributed by atoms with Crippen molar-refractivity contribution in [2.45, 2.75) is 386 Å². The van der Waals surface area contributed by atoms with Crippen LogP contribution in [-0.4, -0.2) is 87.4 Å². The summed E-state index contributed by atoms with van der Waals surface area (Å²) in [5, 5.41) is 9.78. The third kappa shape index (κ3) is 79.2. The van der Waals surface area contributed by atoms with Crippen molar-refractivity contribution in [1.82, 2.24) is 0 Å². The molecular weight excluding hydrogens is 1200 g/mol. The maximum absolute atomic E-state index is 13.0. The van der Waals surface area contributed by atoms with Gasteiger partial charge in [-0.2, -0.15) is 0 Å². The highest BCUT2D eigenvalue weighted by atomic mass is 16.7. The first-order valence-electron chi connectivity index (χ1n) is 41.1. The van der Waals surface area contributed by atoms with Crippen molar-refractivity contribution in [2.75, 3.05) is 47.5 Å². The number of carbonyl (C=O) groups excluding carboxylic acids is 2. The van der Waals surface area contributed by atoms with Crippen LogP contribution in [0, 0.1) is 0 Å². The predicted octanol–water partition coefficient (Wildman–Crippen LogP) is 26.5. The van der Waals surface area contributed by atoms with E-state index in [0.29, 0.717) is 23.9 Å². The maximum Gasteiger partial charge on any atom is 0.361 e. The Bertz CT molecular complexity index is 1970. The van der Waals surface area contributed by atoms with Crippen molar-refractivity contribution in [3.63, 3.8) is 0 Å². The third-order valence-corrected chi connectivity index (χ3v) is 18.0. The number of carboxylic acid groups (broad SMARTS) is 1. The second-order valence-corrected chi connectivity index (χ2v) is 28.7. The molecule has 0 aliphatic rings. The number of rotatable bonds is 76. The summed E-state index contributed by atoms with van der Waals surface area (Å²) in [7, 11) is 5.98. The van der Waals surface area contributed by atoms with E-state index >= 15 is 0 Å². The molecule has 2 unspecified atom stereocenters. The van der Waals surface area contributed by atoms with Gasteiger partial charge in [-0.25, -0.2) is 4.79 Å². The van der Waals surface area contributed by atoms with Crippen LogP contribution in [0.4, 0.5) is 0 Å². The van der Waals surface area contributed by atoms with Crippen molar-refractivity contribution in [3.8, 4) is 0 Å². The molecule has 0 aromatic rings. The van der Waals surface area contributed by atoms with Crippen LogP contribution < -0.4 is 0 Å². The Hall–Kier alpha value is -4.05. The molecule has 0 bridgehead atoms. The monoisotopic (exact) mass is 1360 g/mol. The van der Waals surface area contributed by atoms with Crippen molar-refractivity contribution < 1.29 is 42.9 Å². The van der Waals surface area contributed by atoms with Crippen molar-refractivity contribution in [1.29, 1.82) is 0 Å². The van der Waals surface area contributed by atoms with E-state index in [4.69, 9.17) is 18.9 Å². The largest absolute Gasteiger partial charge is 0.477 e. The number of ether oxygens (including phenoxy) is 4. The zero-order chi connectivity index (χ0) is 70.4. The highest BCUT2D eigenvalue weighted by Gasteiger charge is 2.25. The number of nitrogens with zero attached hydrogens (tertiary/aromatic N) is 1. The van der Waals surface area contributed by atoms with Gasteiger partial charge < -0.3 is 28.5 Å². The van der Waals surface area contributed by atoms with Gasteiger partial charge in [0.25, 0.3) is 6.29 Å². The van der Waals surface area contributed by atoms with Gasteiger partial charge in [-0.15, -0.1) is 0 Å². The van der Waals surface area contributed by atoms with Crippen molar-refractivity contribution in [3.05, 3.63) is 109 Å². The predicted molar refractivity (Wildman–Crippen MR) is 419 cm³/mol.